The molecule has 8 heteroatoms. The minimum Gasteiger partial charge on any atom is -0.481 e. The van der Waals surface area contributed by atoms with Gasteiger partial charge in [-0.2, -0.15) is 0 Å². The van der Waals surface area contributed by atoms with Gasteiger partial charge >= 0.3 is 6.36 Å². The molecule has 2 aromatic rings. The summed E-state index contributed by atoms with van der Waals surface area (Å²) in [5, 5.41) is 2.54. The van der Waals surface area contributed by atoms with Crippen LogP contribution in [0.5, 0.6) is 11.5 Å². The highest BCUT2D eigenvalue weighted by Crippen LogP contribution is 2.22. The number of amides is 1. The molecule has 2 aromatic carbocycles. The summed E-state index contributed by atoms with van der Waals surface area (Å²) in [7, 11) is 0. The van der Waals surface area contributed by atoms with Gasteiger partial charge in [-0.15, -0.1) is 13.2 Å². The number of hydrogen-bond acceptors (Lipinski definition) is 3. The second-order valence-electron chi connectivity index (χ2n) is 4.85. The van der Waals surface area contributed by atoms with E-state index >= 15 is 0 Å². The average molecular weight is 428 g/mol. The van der Waals surface area contributed by atoms with Gasteiger partial charge in [0, 0.05) is 10.0 Å². The lowest BCUT2D eigenvalue weighted by molar-refractivity contribution is -0.274. The molecule has 1 amide bonds. The topological polar surface area (TPSA) is 47.6 Å². The molecule has 4 nitrogen and oxygen atoms in total. The first-order chi connectivity index (χ1) is 12.3. The Morgan fingerprint density at radius 3 is 2.46 bits per heavy atom. The number of carbonyl (C=O) groups excluding carboxylic acids is 1. The van der Waals surface area contributed by atoms with Crippen molar-refractivity contribution in [3.8, 4) is 23.3 Å². The zero-order valence-corrected chi connectivity index (χ0v) is 14.9. The molecule has 0 heterocycles. The van der Waals surface area contributed by atoms with Gasteiger partial charge in [-0.25, -0.2) is 0 Å². The SMILES string of the molecule is O=C(NCC#CCOc1cccc(Br)c1)c1ccc(OC(F)(F)F)cc1. The zero-order chi connectivity index (χ0) is 19.0. The van der Waals surface area contributed by atoms with E-state index in [1.54, 1.807) is 12.1 Å². The van der Waals surface area contributed by atoms with Crippen LogP contribution < -0.4 is 14.8 Å². The van der Waals surface area contributed by atoms with Crippen molar-refractivity contribution in [1.82, 2.24) is 5.32 Å². The summed E-state index contributed by atoms with van der Waals surface area (Å²) in [6.45, 7) is 0.247. The molecule has 0 aromatic heterocycles. The molecule has 0 unspecified atom stereocenters. The average Bonchev–Trinajstić information content (AvgIpc) is 2.57. The van der Waals surface area contributed by atoms with Gasteiger partial charge < -0.3 is 14.8 Å². The van der Waals surface area contributed by atoms with Crippen molar-refractivity contribution in [2.45, 2.75) is 6.36 Å². The van der Waals surface area contributed by atoms with E-state index in [9.17, 15) is 18.0 Å². The highest BCUT2D eigenvalue weighted by atomic mass is 79.9. The number of ether oxygens (including phenoxy) is 2. The third-order valence-corrected chi connectivity index (χ3v) is 3.41. The maximum absolute atomic E-state index is 12.1. The Bertz CT molecular complexity index is 811. The molecular weight excluding hydrogens is 415 g/mol. The van der Waals surface area contributed by atoms with Crippen molar-refractivity contribution in [1.29, 1.82) is 0 Å². The lowest BCUT2D eigenvalue weighted by Crippen LogP contribution is -2.23. The van der Waals surface area contributed by atoms with Gasteiger partial charge in [0.15, 0.2) is 0 Å². The molecule has 0 radical (unpaired) electrons. The minimum absolute atomic E-state index is 0.0848. The number of halogens is 4. The van der Waals surface area contributed by atoms with Crippen molar-refractivity contribution in [2.75, 3.05) is 13.2 Å². The molecule has 0 atom stereocenters. The standard InChI is InChI=1S/C18H13BrF3NO3/c19-14-4-3-5-16(12-14)25-11-2-1-10-23-17(24)13-6-8-15(9-7-13)26-18(20,21)22/h3-9,12H,10-11H2,(H,23,24). The van der Waals surface area contributed by atoms with Crippen LogP contribution in [0.2, 0.25) is 0 Å². The largest absolute Gasteiger partial charge is 0.573 e. The maximum Gasteiger partial charge on any atom is 0.573 e. The summed E-state index contributed by atoms with van der Waals surface area (Å²) in [4.78, 5) is 11.9. The van der Waals surface area contributed by atoms with Crippen LogP contribution in [0, 0.1) is 11.8 Å². The predicted octanol–water partition coefficient (Wildman–Crippen LogP) is 4.16. The van der Waals surface area contributed by atoms with Gasteiger partial charge in [0.25, 0.3) is 5.91 Å². The van der Waals surface area contributed by atoms with Crippen LogP contribution in [0.15, 0.2) is 53.0 Å². The van der Waals surface area contributed by atoms with Crippen LogP contribution in [0.1, 0.15) is 10.4 Å². The van der Waals surface area contributed by atoms with Crippen molar-refractivity contribution >= 4 is 21.8 Å². The molecular formula is C18H13BrF3NO3. The van der Waals surface area contributed by atoms with Gasteiger partial charge in [0.05, 0.1) is 6.54 Å². The Kier molecular flexibility index (Phi) is 6.92. The Morgan fingerprint density at radius 1 is 1.08 bits per heavy atom. The van der Waals surface area contributed by atoms with Crippen molar-refractivity contribution in [3.63, 3.8) is 0 Å². The fourth-order valence-electron chi connectivity index (χ4n) is 1.82. The third-order valence-electron chi connectivity index (χ3n) is 2.92. The van der Waals surface area contributed by atoms with Gasteiger partial charge in [-0.05, 0) is 42.5 Å². The smallest absolute Gasteiger partial charge is 0.481 e. The van der Waals surface area contributed by atoms with E-state index in [2.05, 4.69) is 37.8 Å². The molecule has 0 saturated heterocycles. The summed E-state index contributed by atoms with van der Waals surface area (Å²) in [6.07, 6.45) is -4.77. The van der Waals surface area contributed by atoms with Crippen LogP contribution in [-0.4, -0.2) is 25.4 Å². The first-order valence-corrected chi connectivity index (χ1v) is 8.11. The first-order valence-electron chi connectivity index (χ1n) is 7.31. The van der Waals surface area contributed by atoms with E-state index in [1.165, 1.54) is 12.1 Å². The number of nitrogens with one attached hydrogen (secondary N) is 1. The van der Waals surface area contributed by atoms with Crippen molar-refractivity contribution < 1.29 is 27.4 Å². The molecule has 26 heavy (non-hydrogen) atoms. The van der Waals surface area contributed by atoms with Crippen LogP contribution in [0.3, 0.4) is 0 Å². The van der Waals surface area contributed by atoms with E-state index < -0.39 is 18.0 Å². The Labute approximate surface area is 156 Å². The highest BCUT2D eigenvalue weighted by Gasteiger charge is 2.31. The van der Waals surface area contributed by atoms with Gasteiger partial charge in [0.1, 0.15) is 18.1 Å². The maximum atomic E-state index is 12.1. The summed E-state index contributed by atoms with van der Waals surface area (Å²) in [6, 6.07) is 11.9. The number of carbonyl (C=O) groups is 1. The van der Waals surface area contributed by atoms with Crippen molar-refractivity contribution in [3.05, 3.63) is 58.6 Å². The van der Waals surface area contributed by atoms with E-state index in [4.69, 9.17) is 4.74 Å². The normalized spacial score (nSPS) is 10.5. The monoisotopic (exact) mass is 427 g/mol. The van der Waals surface area contributed by atoms with Crippen LogP contribution in [0.25, 0.3) is 0 Å². The summed E-state index contributed by atoms with van der Waals surface area (Å²) in [5.74, 6) is 5.29. The second kappa shape index (κ2) is 9.15. The molecule has 1 N–H and O–H groups in total. The van der Waals surface area contributed by atoms with E-state index in [1.807, 2.05) is 12.1 Å². The Hall–Kier alpha value is -2.66. The highest BCUT2D eigenvalue weighted by molar-refractivity contribution is 9.10. The fourth-order valence-corrected chi connectivity index (χ4v) is 2.20. The molecule has 2 rings (SSSR count). The lowest BCUT2D eigenvalue weighted by atomic mass is 10.2. The summed E-state index contributed by atoms with van der Waals surface area (Å²) >= 11 is 3.33. The molecule has 0 aliphatic carbocycles. The Balaban J connectivity index is 1.75. The number of benzene rings is 2. The molecule has 0 spiro atoms. The molecule has 0 aliphatic rings. The molecule has 0 bridgehead atoms. The zero-order valence-electron chi connectivity index (χ0n) is 13.3. The summed E-state index contributed by atoms with van der Waals surface area (Å²) < 4.78 is 46.2. The molecule has 0 fully saturated rings. The number of hydrogen-bond donors (Lipinski definition) is 1. The number of alkyl halides is 3. The quantitative estimate of drug-likeness (QED) is 0.728. The van der Waals surface area contributed by atoms with Crippen LogP contribution in [0.4, 0.5) is 13.2 Å². The third kappa shape index (κ3) is 7.07. The Morgan fingerprint density at radius 2 is 1.81 bits per heavy atom. The fraction of sp³-hybridized carbons (Fsp3) is 0.167. The van der Waals surface area contributed by atoms with Gasteiger partial charge in [-0.1, -0.05) is 33.8 Å². The van der Waals surface area contributed by atoms with Gasteiger partial charge in [0.2, 0.25) is 0 Å². The molecule has 0 saturated carbocycles. The predicted molar refractivity (Wildman–Crippen MR) is 92.9 cm³/mol. The first kappa shape index (κ1) is 19.7. The molecule has 0 aliphatic heterocycles. The summed E-state index contributed by atoms with van der Waals surface area (Å²) in [5.41, 5.74) is 0.201. The van der Waals surface area contributed by atoms with Gasteiger partial charge in [-0.3, -0.25) is 4.79 Å². The minimum atomic E-state index is -4.77. The van der Waals surface area contributed by atoms with E-state index in [0.29, 0.717) is 5.75 Å². The van der Waals surface area contributed by atoms with Crippen LogP contribution >= 0.6 is 15.9 Å². The van der Waals surface area contributed by atoms with Crippen molar-refractivity contribution in [2.24, 2.45) is 0 Å². The van der Waals surface area contributed by atoms with Crippen LogP contribution in [-0.2, 0) is 0 Å². The lowest BCUT2D eigenvalue weighted by Gasteiger charge is -2.09. The molecule has 136 valence electrons. The second-order valence-corrected chi connectivity index (χ2v) is 5.77. The van der Waals surface area contributed by atoms with E-state index in [0.717, 1.165) is 16.6 Å². The number of rotatable bonds is 5. The van der Waals surface area contributed by atoms with E-state index in [-0.39, 0.29) is 18.7 Å².